The molecule has 0 radical (unpaired) electrons. The van der Waals surface area contributed by atoms with E-state index in [9.17, 15) is 5.11 Å². The Morgan fingerprint density at radius 1 is 1.19 bits per heavy atom. The Hall–Kier alpha value is -2.37. The number of rotatable bonds is 4. The van der Waals surface area contributed by atoms with Crippen molar-refractivity contribution in [3.8, 4) is 5.75 Å². The SMILES string of the molecule is CN1C=CC(O)(c2ccc(OCc3ccncc3)cc2)O1. The first kappa shape index (κ1) is 13.6. The first-order chi connectivity index (χ1) is 10.2. The summed E-state index contributed by atoms with van der Waals surface area (Å²) in [6.07, 6.45) is 6.74. The average molecular weight is 284 g/mol. The number of pyridine rings is 1. The maximum Gasteiger partial charge on any atom is 0.238 e. The summed E-state index contributed by atoms with van der Waals surface area (Å²) in [6, 6.07) is 11.0. The highest BCUT2D eigenvalue weighted by Crippen LogP contribution is 2.31. The van der Waals surface area contributed by atoms with E-state index in [0.717, 1.165) is 11.3 Å². The number of nitrogens with zero attached hydrogens (tertiary/aromatic N) is 2. The molecule has 0 saturated heterocycles. The molecular formula is C16H16N2O3. The van der Waals surface area contributed by atoms with Crippen LogP contribution in [0.5, 0.6) is 5.75 Å². The van der Waals surface area contributed by atoms with Crippen LogP contribution in [-0.2, 0) is 17.2 Å². The van der Waals surface area contributed by atoms with E-state index in [1.165, 1.54) is 5.06 Å². The molecule has 1 atom stereocenters. The lowest BCUT2D eigenvalue weighted by atomic mass is 10.1. The second-order valence-corrected chi connectivity index (χ2v) is 4.82. The molecule has 3 rings (SSSR count). The predicted molar refractivity (Wildman–Crippen MR) is 76.9 cm³/mol. The van der Waals surface area contributed by atoms with Crippen LogP contribution < -0.4 is 4.74 Å². The van der Waals surface area contributed by atoms with Crippen molar-refractivity contribution in [2.75, 3.05) is 7.05 Å². The predicted octanol–water partition coefficient (Wildman–Crippen LogP) is 2.20. The number of hydrogen-bond donors (Lipinski definition) is 1. The second kappa shape index (κ2) is 5.55. The monoisotopic (exact) mass is 284 g/mol. The van der Waals surface area contributed by atoms with Gasteiger partial charge in [0.15, 0.2) is 0 Å². The molecule has 108 valence electrons. The first-order valence-corrected chi connectivity index (χ1v) is 6.62. The van der Waals surface area contributed by atoms with Crippen LogP contribution in [0.15, 0.2) is 61.1 Å². The van der Waals surface area contributed by atoms with Crippen molar-refractivity contribution in [1.29, 1.82) is 0 Å². The molecule has 5 heteroatoms. The smallest absolute Gasteiger partial charge is 0.238 e. The molecule has 5 nitrogen and oxygen atoms in total. The van der Waals surface area contributed by atoms with Gasteiger partial charge in [-0.15, -0.1) is 0 Å². The quantitative estimate of drug-likeness (QED) is 0.932. The summed E-state index contributed by atoms with van der Waals surface area (Å²) >= 11 is 0. The van der Waals surface area contributed by atoms with Gasteiger partial charge in [0, 0.05) is 31.2 Å². The topological polar surface area (TPSA) is 54.8 Å². The average Bonchev–Trinajstić information content (AvgIpc) is 2.87. The van der Waals surface area contributed by atoms with Gasteiger partial charge < -0.3 is 9.84 Å². The molecule has 1 aliphatic heterocycles. The van der Waals surface area contributed by atoms with Crippen LogP contribution in [0.2, 0.25) is 0 Å². The Bertz CT molecular complexity index is 628. The molecule has 2 heterocycles. The summed E-state index contributed by atoms with van der Waals surface area (Å²) in [7, 11) is 1.72. The van der Waals surface area contributed by atoms with E-state index in [-0.39, 0.29) is 0 Å². The molecule has 1 aromatic heterocycles. The number of aliphatic hydroxyl groups is 1. The highest BCUT2D eigenvalue weighted by molar-refractivity contribution is 5.32. The minimum absolute atomic E-state index is 0.477. The summed E-state index contributed by atoms with van der Waals surface area (Å²) in [4.78, 5) is 9.30. The Morgan fingerprint density at radius 3 is 2.52 bits per heavy atom. The maximum absolute atomic E-state index is 10.3. The van der Waals surface area contributed by atoms with Crippen molar-refractivity contribution in [3.05, 3.63) is 72.2 Å². The summed E-state index contributed by atoms with van der Waals surface area (Å²) in [5, 5.41) is 11.8. The van der Waals surface area contributed by atoms with E-state index in [4.69, 9.17) is 9.57 Å². The number of ether oxygens (including phenoxy) is 1. The molecular weight excluding hydrogens is 268 g/mol. The van der Waals surface area contributed by atoms with Crippen LogP contribution in [0.1, 0.15) is 11.1 Å². The van der Waals surface area contributed by atoms with Crippen molar-refractivity contribution < 1.29 is 14.7 Å². The van der Waals surface area contributed by atoms with Crippen LogP contribution >= 0.6 is 0 Å². The first-order valence-electron chi connectivity index (χ1n) is 6.62. The van der Waals surface area contributed by atoms with Gasteiger partial charge in [-0.2, -0.15) is 0 Å². The number of hydroxylamine groups is 2. The van der Waals surface area contributed by atoms with Crippen molar-refractivity contribution in [1.82, 2.24) is 10.0 Å². The van der Waals surface area contributed by atoms with Gasteiger partial charge in [-0.1, -0.05) is 0 Å². The van der Waals surface area contributed by atoms with Gasteiger partial charge in [-0.25, -0.2) is 4.84 Å². The van der Waals surface area contributed by atoms with E-state index in [2.05, 4.69) is 4.98 Å². The highest BCUT2D eigenvalue weighted by atomic mass is 16.8. The minimum Gasteiger partial charge on any atom is -0.489 e. The van der Waals surface area contributed by atoms with Gasteiger partial charge in [0.1, 0.15) is 12.4 Å². The molecule has 0 amide bonds. The van der Waals surface area contributed by atoms with Crippen molar-refractivity contribution in [2.24, 2.45) is 0 Å². The molecule has 0 fully saturated rings. The van der Waals surface area contributed by atoms with Crippen LogP contribution in [0.25, 0.3) is 0 Å². The summed E-state index contributed by atoms with van der Waals surface area (Å²) in [5.74, 6) is -0.673. The second-order valence-electron chi connectivity index (χ2n) is 4.82. The Kier molecular flexibility index (Phi) is 3.60. The van der Waals surface area contributed by atoms with Gasteiger partial charge in [0.2, 0.25) is 5.79 Å². The molecule has 1 aliphatic rings. The number of hydrogen-bond acceptors (Lipinski definition) is 5. The molecule has 1 unspecified atom stereocenters. The van der Waals surface area contributed by atoms with Gasteiger partial charge in [-0.05, 0) is 48.0 Å². The standard InChI is InChI=1S/C16H16N2O3/c1-18-11-8-16(19,21-18)14-2-4-15(5-3-14)20-12-13-6-9-17-10-7-13/h2-11,19H,12H2,1H3. The molecule has 0 aliphatic carbocycles. The molecule has 2 aromatic rings. The summed E-state index contributed by atoms with van der Waals surface area (Å²) in [6.45, 7) is 0.477. The summed E-state index contributed by atoms with van der Waals surface area (Å²) < 4.78 is 5.69. The fraction of sp³-hybridized carbons (Fsp3) is 0.188. The third-order valence-electron chi connectivity index (χ3n) is 3.22. The lowest BCUT2D eigenvalue weighted by Gasteiger charge is -2.22. The zero-order valence-corrected chi connectivity index (χ0v) is 11.6. The van der Waals surface area contributed by atoms with E-state index in [1.807, 2.05) is 24.3 Å². The van der Waals surface area contributed by atoms with Crippen LogP contribution in [0.3, 0.4) is 0 Å². The fourth-order valence-electron chi connectivity index (χ4n) is 2.07. The minimum atomic E-state index is -1.40. The zero-order chi connectivity index (χ0) is 14.7. The van der Waals surface area contributed by atoms with Crippen molar-refractivity contribution in [3.63, 3.8) is 0 Å². The third-order valence-corrected chi connectivity index (χ3v) is 3.22. The van der Waals surface area contributed by atoms with Crippen LogP contribution in [-0.4, -0.2) is 22.2 Å². The van der Waals surface area contributed by atoms with Gasteiger partial charge >= 0.3 is 0 Å². The molecule has 1 N–H and O–H groups in total. The normalized spacial score (nSPS) is 20.8. The Morgan fingerprint density at radius 2 is 1.90 bits per heavy atom. The van der Waals surface area contributed by atoms with E-state index in [0.29, 0.717) is 12.2 Å². The van der Waals surface area contributed by atoms with Crippen molar-refractivity contribution in [2.45, 2.75) is 12.4 Å². The Labute approximate surface area is 123 Å². The van der Waals surface area contributed by atoms with E-state index >= 15 is 0 Å². The molecule has 0 spiro atoms. The van der Waals surface area contributed by atoms with E-state index in [1.54, 1.807) is 43.9 Å². The summed E-state index contributed by atoms with van der Waals surface area (Å²) in [5.41, 5.74) is 1.70. The Balaban J connectivity index is 1.66. The largest absolute Gasteiger partial charge is 0.489 e. The van der Waals surface area contributed by atoms with E-state index < -0.39 is 5.79 Å². The van der Waals surface area contributed by atoms with Gasteiger partial charge in [0.05, 0.1) is 0 Å². The third kappa shape index (κ3) is 3.04. The molecule has 1 aromatic carbocycles. The fourth-order valence-corrected chi connectivity index (χ4v) is 2.07. The van der Waals surface area contributed by atoms with Gasteiger partial charge in [-0.3, -0.25) is 10.0 Å². The molecule has 0 bridgehead atoms. The van der Waals surface area contributed by atoms with Crippen molar-refractivity contribution >= 4 is 0 Å². The zero-order valence-electron chi connectivity index (χ0n) is 11.6. The van der Waals surface area contributed by atoms with Crippen LogP contribution in [0.4, 0.5) is 0 Å². The number of aromatic nitrogens is 1. The maximum atomic E-state index is 10.3. The molecule has 0 saturated carbocycles. The van der Waals surface area contributed by atoms with Crippen LogP contribution in [0, 0.1) is 0 Å². The number of benzene rings is 1. The molecule has 21 heavy (non-hydrogen) atoms. The lowest BCUT2D eigenvalue weighted by molar-refractivity contribution is -0.267. The lowest BCUT2D eigenvalue weighted by Crippen LogP contribution is -2.27. The van der Waals surface area contributed by atoms with Gasteiger partial charge in [0.25, 0.3) is 0 Å². The highest BCUT2D eigenvalue weighted by Gasteiger charge is 2.33.